The number of hydrogen-bond acceptors (Lipinski definition) is 6. The summed E-state index contributed by atoms with van der Waals surface area (Å²) in [6, 6.07) is 8.29. The number of fused-ring (bicyclic) bond motifs is 1. The number of anilines is 1. The first-order valence-corrected chi connectivity index (χ1v) is 9.73. The zero-order valence-electron chi connectivity index (χ0n) is 14.4. The van der Waals surface area contributed by atoms with E-state index in [4.69, 9.17) is 0 Å². The first-order valence-electron chi connectivity index (χ1n) is 8.85. The molecule has 1 aliphatic rings. The van der Waals surface area contributed by atoms with Crippen LogP contribution in [0, 0.1) is 10.1 Å². The van der Waals surface area contributed by atoms with Crippen molar-refractivity contribution < 1.29 is 4.92 Å². The highest BCUT2D eigenvalue weighted by atomic mass is 32.1. The maximum absolute atomic E-state index is 11.4. The standard InChI is InChI=1S/C18H21N5O2S/c24-23(25)17-16(20-18-22(17)10-11-26-18)19-12-14-6-2-3-7-15(14)13-21-8-4-1-5-9-21/h2-3,6-7,10-11,19H,1,4-5,8-9,12-13H2. The second kappa shape index (κ2) is 7.43. The fourth-order valence-electron chi connectivity index (χ4n) is 3.49. The largest absolute Gasteiger partial charge is 0.372 e. The molecule has 0 radical (unpaired) electrons. The van der Waals surface area contributed by atoms with Crippen LogP contribution >= 0.6 is 11.3 Å². The van der Waals surface area contributed by atoms with Gasteiger partial charge in [0.15, 0.2) is 0 Å². The Balaban J connectivity index is 1.52. The number of thiazole rings is 1. The van der Waals surface area contributed by atoms with Gasteiger partial charge in [-0.3, -0.25) is 4.90 Å². The van der Waals surface area contributed by atoms with E-state index in [9.17, 15) is 10.1 Å². The van der Waals surface area contributed by atoms with Gasteiger partial charge in [-0.05, 0) is 42.0 Å². The topological polar surface area (TPSA) is 75.7 Å². The normalized spacial score (nSPS) is 15.4. The van der Waals surface area contributed by atoms with Crippen molar-refractivity contribution in [1.29, 1.82) is 0 Å². The average molecular weight is 371 g/mol. The minimum Gasteiger partial charge on any atom is -0.359 e. The Hall–Kier alpha value is -2.45. The first-order chi connectivity index (χ1) is 12.7. The van der Waals surface area contributed by atoms with E-state index < -0.39 is 0 Å². The minimum absolute atomic E-state index is 0.00485. The molecular weight excluding hydrogens is 350 g/mol. The summed E-state index contributed by atoms with van der Waals surface area (Å²) in [5, 5.41) is 16.4. The van der Waals surface area contributed by atoms with Gasteiger partial charge in [0, 0.05) is 18.5 Å². The van der Waals surface area contributed by atoms with Crippen molar-refractivity contribution in [3.63, 3.8) is 0 Å². The maximum Gasteiger partial charge on any atom is 0.372 e. The van der Waals surface area contributed by atoms with Crippen LogP contribution in [0.4, 0.5) is 11.6 Å². The molecule has 136 valence electrons. The lowest BCUT2D eigenvalue weighted by Crippen LogP contribution is -2.29. The molecule has 26 heavy (non-hydrogen) atoms. The molecule has 0 saturated carbocycles. The summed E-state index contributed by atoms with van der Waals surface area (Å²) >= 11 is 1.39. The Morgan fingerprint density at radius 2 is 1.96 bits per heavy atom. The summed E-state index contributed by atoms with van der Waals surface area (Å²) < 4.78 is 1.52. The van der Waals surface area contributed by atoms with E-state index in [1.165, 1.54) is 40.6 Å². The van der Waals surface area contributed by atoms with Crippen molar-refractivity contribution in [1.82, 2.24) is 14.3 Å². The summed E-state index contributed by atoms with van der Waals surface area (Å²) in [5.74, 6) is 0.324. The predicted molar refractivity (Wildman–Crippen MR) is 103 cm³/mol. The number of nitrogens with one attached hydrogen (secondary N) is 1. The van der Waals surface area contributed by atoms with Crippen LogP contribution in [-0.4, -0.2) is 32.3 Å². The molecule has 3 heterocycles. The monoisotopic (exact) mass is 371 g/mol. The fourth-order valence-corrected chi connectivity index (χ4v) is 4.20. The molecule has 1 aromatic carbocycles. The van der Waals surface area contributed by atoms with Gasteiger partial charge in [-0.1, -0.05) is 42.0 Å². The second-order valence-electron chi connectivity index (χ2n) is 6.56. The van der Waals surface area contributed by atoms with Gasteiger partial charge in [0.05, 0.1) is 0 Å². The van der Waals surface area contributed by atoms with Crippen molar-refractivity contribution in [2.24, 2.45) is 0 Å². The molecule has 1 saturated heterocycles. The number of aromatic nitrogens is 2. The molecule has 1 N–H and O–H groups in total. The van der Waals surface area contributed by atoms with E-state index in [0.717, 1.165) is 25.2 Å². The molecule has 0 unspecified atom stereocenters. The van der Waals surface area contributed by atoms with E-state index in [2.05, 4.69) is 33.4 Å². The Bertz CT molecular complexity index is 913. The summed E-state index contributed by atoms with van der Waals surface area (Å²) in [6.07, 6.45) is 5.53. The van der Waals surface area contributed by atoms with Crippen LogP contribution in [0.1, 0.15) is 30.4 Å². The molecule has 7 nitrogen and oxygen atoms in total. The van der Waals surface area contributed by atoms with Crippen molar-refractivity contribution in [2.75, 3.05) is 18.4 Å². The number of nitro groups is 1. The highest BCUT2D eigenvalue weighted by molar-refractivity contribution is 7.15. The van der Waals surface area contributed by atoms with E-state index >= 15 is 0 Å². The third-order valence-corrected chi connectivity index (χ3v) is 5.57. The van der Waals surface area contributed by atoms with Gasteiger partial charge in [-0.25, -0.2) is 0 Å². The SMILES string of the molecule is O=[N+]([O-])c1c(NCc2ccccc2CN2CCCCC2)nc2sccn12. The zero-order chi connectivity index (χ0) is 17.9. The number of nitrogens with zero attached hydrogens (tertiary/aromatic N) is 4. The van der Waals surface area contributed by atoms with Crippen molar-refractivity contribution in [3.8, 4) is 0 Å². The molecule has 2 aromatic heterocycles. The quantitative estimate of drug-likeness (QED) is 0.525. The first kappa shape index (κ1) is 17.0. The van der Waals surface area contributed by atoms with E-state index in [-0.39, 0.29) is 10.7 Å². The van der Waals surface area contributed by atoms with Crippen molar-refractivity contribution >= 4 is 27.9 Å². The van der Waals surface area contributed by atoms with Crippen molar-refractivity contribution in [3.05, 3.63) is 57.1 Å². The second-order valence-corrected chi connectivity index (χ2v) is 7.43. The molecule has 1 fully saturated rings. The van der Waals surface area contributed by atoms with Crippen LogP contribution in [0.2, 0.25) is 0 Å². The van der Waals surface area contributed by atoms with E-state index in [1.54, 1.807) is 11.6 Å². The summed E-state index contributed by atoms with van der Waals surface area (Å²) in [7, 11) is 0. The summed E-state index contributed by atoms with van der Waals surface area (Å²) in [5.41, 5.74) is 2.43. The van der Waals surface area contributed by atoms with Gasteiger partial charge in [0.1, 0.15) is 6.20 Å². The average Bonchev–Trinajstić information content (AvgIpc) is 3.22. The lowest BCUT2D eigenvalue weighted by atomic mass is 10.0. The minimum atomic E-state index is -0.380. The number of imidazole rings is 1. The third-order valence-electron chi connectivity index (χ3n) is 4.82. The molecule has 4 rings (SSSR count). The summed E-state index contributed by atoms with van der Waals surface area (Å²) in [4.78, 5) is 18.5. The molecular formula is C18H21N5O2S. The van der Waals surface area contributed by atoms with Crippen LogP contribution in [0.3, 0.4) is 0 Å². The lowest BCUT2D eigenvalue weighted by Gasteiger charge is -2.27. The van der Waals surface area contributed by atoms with Gasteiger partial charge in [-0.15, -0.1) is 0 Å². The van der Waals surface area contributed by atoms with Crippen LogP contribution in [0.5, 0.6) is 0 Å². The molecule has 0 aliphatic carbocycles. The van der Waals surface area contributed by atoms with Crippen LogP contribution in [0.25, 0.3) is 4.96 Å². The Morgan fingerprint density at radius 3 is 2.73 bits per heavy atom. The molecule has 3 aromatic rings. The maximum atomic E-state index is 11.4. The molecule has 8 heteroatoms. The number of piperidine rings is 1. The number of likely N-dealkylation sites (tertiary alicyclic amines) is 1. The fraction of sp³-hybridized carbons (Fsp3) is 0.389. The van der Waals surface area contributed by atoms with Gasteiger partial charge < -0.3 is 15.4 Å². The Morgan fingerprint density at radius 1 is 1.19 bits per heavy atom. The molecule has 0 amide bonds. The molecule has 0 bridgehead atoms. The van der Waals surface area contributed by atoms with E-state index in [1.807, 2.05) is 6.07 Å². The zero-order valence-corrected chi connectivity index (χ0v) is 15.2. The van der Waals surface area contributed by atoms with Crippen LogP contribution in [0.15, 0.2) is 35.8 Å². The molecule has 1 aliphatic heterocycles. The van der Waals surface area contributed by atoms with Gasteiger partial charge >= 0.3 is 5.82 Å². The Kier molecular flexibility index (Phi) is 4.85. The van der Waals surface area contributed by atoms with Crippen LogP contribution in [-0.2, 0) is 13.1 Å². The molecule has 0 spiro atoms. The van der Waals surface area contributed by atoms with Crippen LogP contribution < -0.4 is 5.32 Å². The van der Waals surface area contributed by atoms with Gasteiger partial charge in [0.2, 0.25) is 5.82 Å². The highest BCUT2D eigenvalue weighted by Gasteiger charge is 2.23. The Labute approximate surface area is 155 Å². The molecule has 0 atom stereocenters. The van der Waals surface area contributed by atoms with Gasteiger partial charge in [0.25, 0.3) is 4.96 Å². The van der Waals surface area contributed by atoms with Gasteiger partial charge in [-0.2, -0.15) is 9.38 Å². The third kappa shape index (κ3) is 3.42. The smallest absolute Gasteiger partial charge is 0.359 e. The number of hydrogen-bond donors (Lipinski definition) is 1. The lowest BCUT2D eigenvalue weighted by molar-refractivity contribution is -0.389. The summed E-state index contributed by atoms with van der Waals surface area (Å²) in [6.45, 7) is 3.74. The number of benzene rings is 1. The predicted octanol–water partition coefficient (Wildman–Crippen LogP) is 3.90. The number of rotatable bonds is 6. The van der Waals surface area contributed by atoms with E-state index in [0.29, 0.717) is 17.3 Å². The van der Waals surface area contributed by atoms with Crippen molar-refractivity contribution in [2.45, 2.75) is 32.4 Å². The highest BCUT2D eigenvalue weighted by Crippen LogP contribution is 2.28.